The number of aryl methyl sites for hydroxylation is 1. The molecule has 0 saturated heterocycles. The van der Waals surface area contributed by atoms with Crippen molar-refractivity contribution in [2.24, 2.45) is 7.05 Å². The smallest absolute Gasteiger partial charge is 0.337 e. The fraction of sp³-hybridized carbons (Fsp3) is 0.206. The number of carbonyl (C=O) groups excluding carboxylic acids is 2. The van der Waals surface area contributed by atoms with Crippen molar-refractivity contribution in [3.05, 3.63) is 122 Å². The lowest BCUT2D eigenvalue weighted by molar-refractivity contribution is -0.139. The van der Waals surface area contributed by atoms with Gasteiger partial charge in [-0.1, -0.05) is 6.07 Å². The van der Waals surface area contributed by atoms with Gasteiger partial charge in [-0.25, -0.2) is 36.3 Å². The Morgan fingerprint density at radius 2 is 1.63 bits per heavy atom. The van der Waals surface area contributed by atoms with Gasteiger partial charge in [-0.2, -0.15) is 0 Å². The van der Waals surface area contributed by atoms with E-state index in [9.17, 15) is 37.5 Å². The maximum Gasteiger partial charge on any atom is 0.337 e. The molecule has 0 bridgehead atoms. The number of benzene rings is 2. The van der Waals surface area contributed by atoms with Gasteiger partial charge in [0.1, 0.15) is 23.5 Å². The summed E-state index contributed by atoms with van der Waals surface area (Å²) in [5.74, 6) is -6.05. The molecule has 270 valence electrons. The minimum atomic E-state index is -4.48. The molecule has 0 fully saturated rings. The van der Waals surface area contributed by atoms with Crippen LogP contribution in [-0.2, 0) is 28.3 Å². The van der Waals surface area contributed by atoms with Crippen LogP contribution in [0.5, 0.6) is 0 Å². The minimum Gasteiger partial charge on any atom is -0.480 e. The summed E-state index contributed by atoms with van der Waals surface area (Å²) < 4.78 is 59.9. The molecule has 0 saturated carbocycles. The molecule has 18 heteroatoms. The highest BCUT2D eigenvalue weighted by Crippen LogP contribution is 2.24. The molecule has 0 aliphatic carbocycles. The number of aromatic nitrogens is 4. The number of hydrogen-bond acceptors (Lipinski definition) is 9. The lowest BCUT2D eigenvalue weighted by Gasteiger charge is -2.20. The van der Waals surface area contributed by atoms with Crippen molar-refractivity contribution in [3.8, 4) is 5.82 Å². The van der Waals surface area contributed by atoms with E-state index in [2.05, 4.69) is 20.6 Å². The largest absolute Gasteiger partial charge is 0.480 e. The molecule has 15 nitrogen and oxygen atoms in total. The van der Waals surface area contributed by atoms with Crippen molar-refractivity contribution in [2.75, 3.05) is 4.72 Å². The van der Waals surface area contributed by atoms with Crippen LogP contribution in [0, 0.1) is 11.6 Å². The fourth-order valence-corrected chi connectivity index (χ4v) is 6.10. The summed E-state index contributed by atoms with van der Waals surface area (Å²) in [5.41, 5.74) is -2.92. The van der Waals surface area contributed by atoms with Crippen LogP contribution < -0.4 is 26.6 Å². The number of carboxylic acid groups (broad SMARTS) is 1. The molecule has 5 rings (SSSR count). The Labute approximate surface area is 294 Å². The molecule has 3 aromatic heterocycles. The fourth-order valence-electron chi connectivity index (χ4n) is 5.04. The Morgan fingerprint density at radius 1 is 0.942 bits per heavy atom. The van der Waals surface area contributed by atoms with E-state index in [1.165, 1.54) is 60.5 Å². The standard InChI is InChI=1S/C34H31F2N7O8S/c1-34(2,3)40-29(44)19-6-8-20(9-7-19)52(50,51)41-25-15-23(35)22(14-24(25)36)30(45)39-26(32(47)48)13-18-5-10-28(38-16-18)43-31(46)21-11-12-37-17-27(21)42(4)33(43)49/h5-12,14-17,26,41H,13H2,1-4H3,(H,39,45)(H,40,44)(H,47,48)/t26-/m0/s1. The van der Waals surface area contributed by atoms with Gasteiger partial charge in [-0.3, -0.25) is 28.7 Å². The van der Waals surface area contributed by atoms with Crippen LogP contribution >= 0.6 is 0 Å². The second-order valence-corrected chi connectivity index (χ2v) is 14.3. The van der Waals surface area contributed by atoms with E-state index >= 15 is 8.78 Å². The highest BCUT2D eigenvalue weighted by Gasteiger charge is 2.26. The molecule has 0 aliphatic heterocycles. The number of carboxylic acids is 1. The molecule has 5 aromatic rings. The number of pyridine rings is 2. The Hall–Kier alpha value is -6.30. The summed E-state index contributed by atoms with van der Waals surface area (Å²) in [6, 6.07) is 8.00. The van der Waals surface area contributed by atoms with Crippen molar-refractivity contribution in [1.29, 1.82) is 0 Å². The van der Waals surface area contributed by atoms with Gasteiger partial charge in [0.15, 0.2) is 0 Å². The number of nitrogens with one attached hydrogen (secondary N) is 3. The minimum absolute atomic E-state index is 0.0576. The second kappa shape index (κ2) is 14.1. The van der Waals surface area contributed by atoms with Crippen LogP contribution in [0.2, 0.25) is 0 Å². The number of carbonyl (C=O) groups is 3. The van der Waals surface area contributed by atoms with Gasteiger partial charge in [0.2, 0.25) is 0 Å². The van der Waals surface area contributed by atoms with E-state index in [1.807, 2.05) is 4.72 Å². The summed E-state index contributed by atoms with van der Waals surface area (Å²) in [6.45, 7) is 5.30. The molecular formula is C34H31F2N7O8S. The van der Waals surface area contributed by atoms with Crippen molar-refractivity contribution in [1.82, 2.24) is 29.7 Å². The van der Waals surface area contributed by atoms with Gasteiger partial charge in [-0.15, -0.1) is 0 Å². The monoisotopic (exact) mass is 735 g/mol. The van der Waals surface area contributed by atoms with Crippen LogP contribution in [0.25, 0.3) is 16.7 Å². The number of sulfonamides is 1. The van der Waals surface area contributed by atoms with Crippen LogP contribution in [0.4, 0.5) is 14.5 Å². The number of nitrogens with zero attached hydrogens (tertiary/aromatic N) is 4. The van der Waals surface area contributed by atoms with Gasteiger partial charge in [0.25, 0.3) is 27.4 Å². The van der Waals surface area contributed by atoms with E-state index in [1.54, 1.807) is 20.8 Å². The predicted octanol–water partition coefficient (Wildman–Crippen LogP) is 2.51. The van der Waals surface area contributed by atoms with Gasteiger partial charge in [-0.05, 0) is 68.8 Å². The molecule has 0 radical (unpaired) electrons. The number of rotatable bonds is 10. The molecule has 1 atom stereocenters. The zero-order chi connectivity index (χ0) is 38.1. The van der Waals surface area contributed by atoms with Crippen LogP contribution in [0.1, 0.15) is 47.1 Å². The Balaban J connectivity index is 1.30. The van der Waals surface area contributed by atoms with E-state index in [-0.39, 0.29) is 33.6 Å². The molecule has 52 heavy (non-hydrogen) atoms. The number of aliphatic carboxylic acids is 1. The molecule has 0 spiro atoms. The average Bonchev–Trinajstić information content (AvgIpc) is 3.08. The highest BCUT2D eigenvalue weighted by molar-refractivity contribution is 7.92. The lowest BCUT2D eigenvalue weighted by Crippen LogP contribution is -2.42. The molecular weight excluding hydrogens is 704 g/mol. The summed E-state index contributed by atoms with van der Waals surface area (Å²) >= 11 is 0. The summed E-state index contributed by atoms with van der Waals surface area (Å²) in [6.07, 6.45) is 3.57. The maximum atomic E-state index is 15.1. The molecule has 0 aliphatic rings. The molecule has 3 heterocycles. The number of hydrogen-bond donors (Lipinski definition) is 4. The SMILES string of the molecule is Cn1c(=O)n(-c2ccc(C[C@H](NC(=O)c3cc(F)c(NS(=O)(=O)c4ccc(C(=O)NC(C)(C)C)cc4)cc3F)C(=O)O)cn2)c(=O)c2ccncc21. The molecule has 2 aromatic carbocycles. The first-order chi connectivity index (χ1) is 24.4. The van der Waals surface area contributed by atoms with Crippen LogP contribution in [0.3, 0.4) is 0 Å². The quantitative estimate of drug-likeness (QED) is 0.165. The molecule has 2 amide bonds. The average molecular weight is 736 g/mol. The third-order valence-corrected chi connectivity index (χ3v) is 9.00. The zero-order valence-electron chi connectivity index (χ0n) is 28.0. The number of amides is 2. The third kappa shape index (κ3) is 7.86. The maximum absolute atomic E-state index is 15.1. The third-order valence-electron chi connectivity index (χ3n) is 7.62. The number of halogens is 2. The van der Waals surface area contributed by atoms with Crippen molar-refractivity contribution >= 4 is 44.4 Å². The summed E-state index contributed by atoms with van der Waals surface area (Å²) in [7, 11) is -3.02. The molecule has 0 unspecified atom stereocenters. The number of fused-ring (bicyclic) bond motifs is 1. The van der Waals surface area contributed by atoms with Gasteiger partial charge >= 0.3 is 11.7 Å². The normalized spacial score (nSPS) is 12.3. The Bertz CT molecular complexity index is 2460. The van der Waals surface area contributed by atoms with Crippen LogP contribution in [0.15, 0.2) is 87.7 Å². The van der Waals surface area contributed by atoms with Gasteiger partial charge < -0.3 is 15.7 Å². The van der Waals surface area contributed by atoms with E-state index in [0.717, 1.165) is 16.7 Å². The van der Waals surface area contributed by atoms with E-state index in [0.29, 0.717) is 17.6 Å². The first-order valence-corrected chi connectivity index (χ1v) is 16.8. The first kappa shape index (κ1) is 37.0. The van der Waals surface area contributed by atoms with Crippen LogP contribution in [-0.4, -0.2) is 62.0 Å². The summed E-state index contributed by atoms with van der Waals surface area (Å²) in [5, 5.41) is 14.8. The van der Waals surface area contributed by atoms with Crippen molar-refractivity contribution in [2.45, 2.75) is 43.7 Å². The second-order valence-electron chi connectivity index (χ2n) is 12.6. The number of anilines is 1. The van der Waals surface area contributed by atoms with E-state index in [4.69, 9.17) is 0 Å². The van der Waals surface area contributed by atoms with Crippen molar-refractivity contribution in [3.63, 3.8) is 0 Å². The summed E-state index contributed by atoms with van der Waals surface area (Å²) in [4.78, 5) is 70.9. The topological polar surface area (TPSA) is 211 Å². The molecule has 4 N–H and O–H groups in total. The Kier molecular flexibility index (Phi) is 10.1. The van der Waals surface area contributed by atoms with Crippen molar-refractivity contribution < 1.29 is 36.7 Å². The highest BCUT2D eigenvalue weighted by atomic mass is 32.2. The zero-order valence-corrected chi connectivity index (χ0v) is 28.8. The predicted molar refractivity (Wildman–Crippen MR) is 184 cm³/mol. The first-order valence-electron chi connectivity index (χ1n) is 15.4. The lowest BCUT2D eigenvalue weighted by atomic mass is 10.1. The Morgan fingerprint density at radius 3 is 2.25 bits per heavy atom. The van der Waals surface area contributed by atoms with Gasteiger partial charge in [0.05, 0.1) is 33.2 Å². The van der Waals surface area contributed by atoms with Gasteiger partial charge in [0, 0.05) is 43.0 Å². The van der Waals surface area contributed by atoms with E-state index < -0.39 is 73.5 Å².